The van der Waals surface area contributed by atoms with Crippen molar-refractivity contribution in [2.45, 2.75) is 52.1 Å². The van der Waals surface area contributed by atoms with Crippen molar-refractivity contribution in [3.05, 3.63) is 0 Å². The monoisotopic (exact) mass is 275 g/mol. The first kappa shape index (κ1) is 15.3. The summed E-state index contributed by atoms with van der Waals surface area (Å²) in [4.78, 5) is 23.5. The molecule has 1 rings (SSSR count). The van der Waals surface area contributed by atoms with Gasteiger partial charge < -0.3 is 10.1 Å². The van der Waals surface area contributed by atoms with Gasteiger partial charge in [0.25, 0.3) is 0 Å². The molecule has 1 amide bonds. The Labute approximate surface area is 113 Å². The van der Waals surface area contributed by atoms with Gasteiger partial charge in [0.05, 0.1) is 5.88 Å². The fourth-order valence-electron chi connectivity index (χ4n) is 2.30. The van der Waals surface area contributed by atoms with Crippen LogP contribution < -0.4 is 5.32 Å². The van der Waals surface area contributed by atoms with Gasteiger partial charge in [-0.15, -0.1) is 11.6 Å². The number of hydrogen-bond acceptors (Lipinski definition) is 3. The van der Waals surface area contributed by atoms with E-state index in [0.29, 0.717) is 6.54 Å². The molecule has 0 spiro atoms. The predicted octanol–water partition coefficient (Wildman–Crippen LogP) is 2.88. The van der Waals surface area contributed by atoms with Crippen molar-refractivity contribution in [1.82, 2.24) is 5.32 Å². The second kappa shape index (κ2) is 5.91. The summed E-state index contributed by atoms with van der Waals surface area (Å²) in [7, 11) is 0. The van der Waals surface area contributed by atoms with Crippen molar-refractivity contribution >= 4 is 23.5 Å². The molecule has 0 aromatic rings. The maximum atomic E-state index is 11.9. The number of halogens is 1. The molecule has 0 aliphatic heterocycles. The average molecular weight is 276 g/mol. The first-order chi connectivity index (χ1) is 8.29. The van der Waals surface area contributed by atoms with E-state index in [1.165, 1.54) is 0 Å². The molecule has 5 heteroatoms. The smallest absolute Gasteiger partial charge is 0.407 e. The van der Waals surface area contributed by atoms with Gasteiger partial charge in [-0.3, -0.25) is 4.79 Å². The van der Waals surface area contributed by atoms with Gasteiger partial charge in [-0.2, -0.15) is 0 Å². The zero-order chi connectivity index (χ0) is 13.8. The molecule has 0 radical (unpaired) electrons. The Hall–Kier alpha value is -0.770. The lowest BCUT2D eigenvalue weighted by Crippen LogP contribution is -2.43. The van der Waals surface area contributed by atoms with Crippen molar-refractivity contribution in [2.24, 2.45) is 5.41 Å². The average Bonchev–Trinajstić information content (AvgIpc) is 2.73. The van der Waals surface area contributed by atoms with Crippen LogP contribution in [0.4, 0.5) is 4.79 Å². The molecular formula is C13H22ClNO3. The molecule has 0 bridgehead atoms. The number of Topliss-reactive ketones (excluding diaryl/α,β-unsaturated/α-hetero) is 1. The van der Waals surface area contributed by atoms with Gasteiger partial charge in [0.15, 0.2) is 5.78 Å². The Kier molecular flexibility index (Phi) is 5.02. The fraction of sp³-hybridized carbons (Fsp3) is 0.846. The molecule has 0 saturated heterocycles. The second-order valence-corrected chi connectivity index (χ2v) is 6.17. The summed E-state index contributed by atoms with van der Waals surface area (Å²) in [6.45, 7) is 5.75. The molecule has 4 nitrogen and oxygen atoms in total. The van der Waals surface area contributed by atoms with Gasteiger partial charge in [0, 0.05) is 12.0 Å². The number of ketones is 1. The van der Waals surface area contributed by atoms with Crippen LogP contribution in [0, 0.1) is 5.41 Å². The highest BCUT2D eigenvalue weighted by Gasteiger charge is 2.40. The number of carbonyl (C=O) groups is 2. The third-order valence-electron chi connectivity index (χ3n) is 3.24. The van der Waals surface area contributed by atoms with Crippen LogP contribution in [0.5, 0.6) is 0 Å². The minimum atomic E-state index is -0.524. The highest BCUT2D eigenvalue weighted by molar-refractivity contribution is 6.28. The number of alkyl carbamates (subject to hydrolysis) is 1. The van der Waals surface area contributed by atoms with Crippen LogP contribution in [0.1, 0.15) is 46.5 Å². The van der Waals surface area contributed by atoms with E-state index in [2.05, 4.69) is 5.32 Å². The van der Waals surface area contributed by atoms with Crippen molar-refractivity contribution in [3.8, 4) is 0 Å². The Morgan fingerprint density at radius 2 is 1.83 bits per heavy atom. The molecule has 1 saturated carbocycles. The molecule has 1 aliphatic rings. The quantitative estimate of drug-likeness (QED) is 0.803. The highest BCUT2D eigenvalue weighted by Crippen LogP contribution is 2.38. The topological polar surface area (TPSA) is 55.4 Å². The molecular weight excluding hydrogens is 254 g/mol. The normalized spacial score (nSPS) is 18.4. The summed E-state index contributed by atoms with van der Waals surface area (Å²) in [5.74, 6) is 0.0356. The van der Waals surface area contributed by atoms with Gasteiger partial charge in [-0.25, -0.2) is 4.79 Å². The lowest BCUT2D eigenvalue weighted by atomic mass is 9.82. The van der Waals surface area contributed by atoms with Crippen LogP contribution in [-0.2, 0) is 9.53 Å². The number of carbonyl (C=O) groups excluding carboxylic acids is 2. The molecule has 1 fully saturated rings. The number of amides is 1. The number of hydrogen-bond donors (Lipinski definition) is 1. The van der Waals surface area contributed by atoms with Crippen molar-refractivity contribution in [2.75, 3.05) is 12.4 Å². The van der Waals surface area contributed by atoms with Crippen LogP contribution >= 0.6 is 11.6 Å². The molecule has 0 unspecified atom stereocenters. The summed E-state index contributed by atoms with van der Waals surface area (Å²) in [6.07, 6.45) is 3.15. The van der Waals surface area contributed by atoms with Gasteiger partial charge >= 0.3 is 6.09 Å². The molecule has 1 aliphatic carbocycles. The van der Waals surface area contributed by atoms with Crippen molar-refractivity contribution in [3.63, 3.8) is 0 Å². The van der Waals surface area contributed by atoms with Crippen molar-refractivity contribution in [1.29, 1.82) is 0 Å². The molecule has 0 atom stereocenters. The summed E-state index contributed by atoms with van der Waals surface area (Å²) in [5.41, 5.74) is -0.998. The Morgan fingerprint density at radius 1 is 1.28 bits per heavy atom. The minimum absolute atomic E-state index is 0.00992. The lowest BCUT2D eigenvalue weighted by molar-refractivity contribution is -0.125. The van der Waals surface area contributed by atoms with Crippen LogP contribution in [0.3, 0.4) is 0 Å². The van der Waals surface area contributed by atoms with E-state index >= 15 is 0 Å². The zero-order valence-corrected chi connectivity index (χ0v) is 12.1. The second-order valence-electron chi connectivity index (χ2n) is 5.90. The maximum absolute atomic E-state index is 11.9. The van der Waals surface area contributed by atoms with Crippen LogP contribution in [0.25, 0.3) is 0 Å². The van der Waals surface area contributed by atoms with Gasteiger partial charge in [-0.05, 0) is 33.6 Å². The third-order valence-corrected chi connectivity index (χ3v) is 3.49. The summed E-state index contributed by atoms with van der Waals surface area (Å²) in [5, 5.41) is 2.70. The van der Waals surface area contributed by atoms with Gasteiger partial charge in [-0.1, -0.05) is 12.8 Å². The molecule has 0 aromatic heterocycles. The number of rotatable bonds is 4. The predicted molar refractivity (Wildman–Crippen MR) is 70.9 cm³/mol. The summed E-state index contributed by atoms with van der Waals surface area (Å²) < 4.78 is 5.16. The highest BCUT2D eigenvalue weighted by atomic mass is 35.5. The Bertz CT molecular complexity index is 317. The van der Waals surface area contributed by atoms with Gasteiger partial charge in [0.1, 0.15) is 5.60 Å². The zero-order valence-electron chi connectivity index (χ0n) is 11.3. The van der Waals surface area contributed by atoms with E-state index in [9.17, 15) is 9.59 Å². The van der Waals surface area contributed by atoms with E-state index in [4.69, 9.17) is 16.3 Å². The van der Waals surface area contributed by atoms with Crippen molar-refractivity contribution < 1.29 is 14.3 Å². The first-order valence-corrected chi connectivity index (χ1v) is 6.89. The van der Waals surface area contributed by atoms with E-state index in [1.54, 1.807) is 0 Å². The third kappa shape index (κ3) is 4.16. The number of alkyl halides is 1. The number of ether oxygens (including phenoxy) is 1. The van der Waals surface area contributed by atoms with Crippen LogP contribution in [0.2, 0.25) is 0 Å². The minimum Gasteiger partial charge on any atom is -0.444 e. The van der Waals surface area contributed by atoms with Crippen LogP contribution in [-0.4, -0.2) is 29.9 Å². The Morgan fingerprint density at radius 3 is 2.28 bits per heavy atom. The molecule has 0 heterocycles. The molecule has 104 valence electrons. The van der Waals surface area contributed by atoms with E-state index in [1.807, 2.05) is 20.8 Å². The Balaban J connectivity index is 2.54. The van der Waals surface area contributed by atoms with Crippen LogP contribution in [0.15, 0.2) is 0 Å². The van der Waals surface area contributed by atoms with E-state index in [-0.39, 0.29) is 11.7 Å². The molecule has 1 N–H and O–H groups in total. The maximum Gasteiger partial charge on any atom is 0.407 e. The van der Waals surface area contributed by atoms with Gasteiger partial charge in [0.2, 0.25) is 0 Å². The largest absolute Gasteiger partial charge is 0.444 e. The van der Waals surface area contributed by atoms with E-state index in [0.717, 1.165) is 25.7 Å². The molecule has 0 aromatic carbocycles. The lowest BCUT2D eigenvalue weighted by Gasteiger charge is -2.28. The number of nitrogens with one attached hydrogen (secondary N) is 1. The van der Waals surface area contributed by atoms with E-state index < -0.39 is 17.1 Å². The first-order valence-electron chi connectivity index (χ1n) is 6.35. The molecule has 18 heavy (non-hydrogen) atoms. The SMILES string of the molecule is CC(C)(C)OC(=O)NCC1(C(=O)CCl)CCCC1. The summed E-state index contributed by atoms with van der Waals surface area (Å²) in [6, 6.07) is 0. The fourth-order valence-corrected chi connectivity index (χ4v) is 2.59. The summed E-state index contributed by atoms with van der Waals surface area (Å²) >= 11 is 5.65. The standard InChI is InChI=1S/C13H22ClNO3/c1-12(2,3)18-11(17)15-9-13(10(16)8-14)6-4-5-7-13/h4-9H2,1-3H3,(H,15,17).